The van der Waals surface area contributed by atoms with E-state index in [-0.39, 0.29) is 17.2 Å². The summed E-state index contributed by atoms with van der Waals surface area (Å²) in [5.74, 6) is -0.381. The highest BCUT2D eigenvalue weighted by atomic mass is 16.4. The van der Waals surface area contributed by atoms with Gasteiger partial charge >= 0.3 is 5.97 Å². The van der Waals surface area contributed by atoms with Crippen LogP contribution < -0.4 is 0 Å². The molecule has 0 radical (unpaired) electrons. The highest BCUT2D eigenvalue weighted by molar-refractivity contribution is 5.95. The molecular formula is C19H27N3O3. The molecule has 2 aliphatic carbocycles. The van der Waals surface area contributed by atoms with Gasteiger partial charge in [0.25, 0.3) is 5.91 Å². The van der Waals surface area contributed by atoms with E-state index in [0.29, 0.717) is 19.0 Å². The van der Waals surface area contributed by atoms with Gasteiger partial charge in [0.1, 0.15) is 0 Å². The number of amides is 1. The fourth-order valence-electron chi connectivity index (χ4n) is 4.92. The van der Waals surface area contributed by atoms with Crippen LogP contribution in [-0.4, -0.2) is 44.8 Å². The Balaban J connectivity index is 1.46. The van der Waals surface area contributed by atoms with Crippen molar-refractivity contribution in [2.24, 2.45) is 18.4 Å². The lowest BCUT2D eigenvalue weighted by Crippen LogP contribution is -2.40. The molecule has 2 heterocycles. The molecule has 136 valence electrons. The molecule has 1 saturated heterocycles. The summed E-state index contributed by atoms with van der Waals surface area (Å²) < 4.78 is 1.77. The van der Waals surface area contributed by atoms with Gasteiger partial charge in [-0.25, -0.2) is 0 Å². The molecule has 1 spiro atoms. The van der Waals surface area contributed by atoms with E-state index >= 15 is 0 Å². The quantitative estimate of drug-likeness (QED) is 0.914. The maximum Gasteiger partial charge on any atom is 0.307 e. The van der Waals surface area contributed by atoms with Gasteiger partial charge in [-0.1, -0.05) is 19.3 Å². The molecule has 2 saturated carbocycles. The fraction of sp³-hybridized carbons (Fsp3) is 0.737. The molecule has 1 aromatic rings. The van der Waals surface area contributed by atoms with Gasteiger partial charge in [0, 0.05) is 32.3 Å². The second kappa shape index (κ2) is 6.15. The minimum Gasteiger partial charge on any atom is -0.481 e. The largest absolute Gasteiger partial charge is 0.481 e. The van der Waals surface area contributed by atoms with Gasteiger partial charge in [0.05, 0.1) is 17.2 Å². The Labute approximate surface area is 148 Å². The minimum absolute atomic E-state index is 0.0379. The molecule has 6 nitrogen and oxygen atoms in total. The van der Waals surface area contributed by atoms with Crippen LogP contribution in [0.1, 0.15) is 73.3 Å². The number of aliphatic carboxylic acids is 1. The minimum atomic E-state index is -0.674. The monoisotopic (exact) mass is 345 g/mol. The van der Waals surface area contributed by atoms with Crippen molar-refractivity contribution >= 4 is 11.9 Å². The predicted octanol–water partition coefficient (Wildman–Crippen LogP) is 2.79. The fourth-order valence-corrected chi connectivity index (χ4v) is 4.92. The molecule has 1 unspecified atom stereocenters. The molecule has 0 aromatic carbocycles. The number of hydrogen-bond acceptors (Lipinski definition) is 3. The Bertz CT molecular complexity index is 682. The first kappa shape index (κ1) is 16.6. The summed E-state index contributed by atoms with van der Waals surface area (Å²) in [4.78, 5) is 26.2. The number of aromatic nitrogens is 2. The third-order valence-electron chi connectivity index (χ3n) is 6.61. The van der Waals surface area contributed by atoms with E-state index in [1.807, 2.05) is 18.1 Å². The number of nitrogens with zero attached hydrogens (tertiary/aromatic N) is 3. The zero-order valence-corrected chi connectivity index (χ0v) is 14.9. The normalized spacial score (nSPS) is 26.0. The average molecular weight is 345 g/mol. The third-order valence-corrected chi connectivity index (χ3v) is 6.61. The number of carbonyl (C=O) groups excluding carboxylic acids is 1. The van der Waals surface area contributed by atoms with Gasteiger partial charge in [-0.05, 0) is 37.5 Å². The molecule has 4 rings (SSSR count). The number of hydrogen-bond donors (Lipinski definition) is 1. The molecular weight excluding hydrogens is 318 g/mol. The van der Waals surface area contributed by atoms with Crippen molar-refractivity contribution < 1.29 is 14.7 Å². The lowest BCUT2D eigenvalue weighted by atomic mass is 9.85. The van der Waals surface area contributed by atoms with Crippen LogP contribution >= 0.6 is 0 Å². The number of likely N-dealkylation sites (tertiary alicyclic amines) is 1. The maximum atomic E-state index is 13.1. The standard InChI is InChI=1S/C19H27N3O3/c1-21-12-14(16(20-21)13-5-3-2-4-6-13)17(23)22-9-7-19(8-10-22)11-15(19)18(24)25/h12-13,15H,2-11H2,1H3,(H,24,25). The van der Waals surface area contributed by atoms with Crippen LogP contribution in [0.5, 0.6) is 0 Å². The number of rotatable bonds is 3. The summed E-state index contributed by atoms with van der Waals surface area (Å²) in [5, 5.41) is 13.8. The molecule has 25 heavy (non-hydrogen) atoms. The molecule has 3 fully saturated rings. The smallest absolute Gasteiger partial charge is 0.307 e. The number of carbonyl (C=O) groups is 2. The molecule has 3 aliphatic rings. The number of carboxylic acids is 1. The van der Waals surface area contributed by atoms with E-state index in [1.165, 1.54) is 19.3 Å². The van der Waals surface area contributed by atoms with Gasteiger partial charge in [-0.15, -0.1) is 0 Å². The molecule has 1 aromatic heterocycles. The zero-order chi connectivity index (χ0) is 17.6. The van der Waals surface area contributed by atoms with Crippen LogP contribution in [0.15, 0.2) is 6.20 Å². The Morgan fingerprint density at radius 2 is 1.88 bits per heavy atom. The summed E-state index contributed by atoms with van der Waals surface area (Å²) in [6, 6.07) is 0. The van der Waals surface area contributed by atoms with E-state index in [4.69, 9.17) is 0 Å². The highest BCUT2D eigenvalue weighted by Gasteiger charge is 2.59. The van der Waals surface area contributed by atoms with E-state index in [9.17, 15) is 14.7 Å². The second-order valence-electron chi connectivity index (χ2n) is 8.19. The Hall–Kier alpha value is -1.85. The predicted molar refractivity (Wildman–Crippen MR) is 92.3 cm³/mol. The molecule has 0 bridgehead atoms. The summed E-state index contributed by atoms with van der Waals surface area (Å²) in [6.07, 6.45) is 10.3. The van der Waals surface area contributed by atoms with Crippen molar-refractivity contribution in [2.75, 3.05) is 13.1 Å². The number of aryl methyl sites for hydroxylation is 1. The third kappa shape index (κ3) is 2.96. The van der Waals surface area contributed by atoms with Crippen molar-refractivity contribution in [1.82, 2.24) is 14.7 Å². The topological polar surface area (TPSA) is 75.4 Å². The first-order valence-corrected chi connectivity index (χ1v) is 9.56. The summed E-state index contributed by atoms with van der Waals surface area (Å²) in [7, 11) is 1.88. The van der Waals surface area contributed by atoms with Crippen LogP contribution in [0.3, 0.4) is 0 Å². The molecule has 1 atom stereocenters. The molecule has 6 heteroatoms. The van der Waals surface area contributed by atoms with Gasteiger partial charge < -0.3 is 10.0 Å². The second-order valence-corrected chi connectivity index (χ2v) is 8.19. The summed E-state index contributed by atoms with van der Waals surface area (Å²) in [5.41, 5.74) is 1.70. The van der Waals surface area contributed by atoms with Crippen LogP contribution in [-0.2, 0) is 11.8 Å². The molecule has 1 N–H and O–H groups in total. The zero-order valence-electron chi connectivity index (χ0n) is 14.9. The number of piperidine rings is 1. The maximum absolute atomic E-state index is 13.1. The van der Waals surface area contributed by atoms with E-state index in [2.05, 4.69) is 5.10 Å². The van der Waals surface area contributed by atoms with Crippen LogP contribution in [0.2, 0.25) is 0 Å². The van der Waals surface area contributed by atoms with Gasteiger partial charge in [0.2, 0.25) is 0 Å². The number of carboxylic acid groups (broad SMARTS) is 1. The van der Waals surface area contributed by atoms with Crippen LogP contribution in [0.25, 0.3) is 0 Å². The lowest BCUT2D eigenvalue weighted by Gasteiger charge is -2.33. The van der Waals surface area contributed by atoms with Gasteiger partial charge in [-0.3, -0.25) is 14.3 Å². The first-order chi connectivity index (χ1) is 12.0. The molecule has 1 amide bonds. The van der Waals surface area contributed by atoms with Crippen molar-refractivity contribution in [1.29, 1.82) is 0 Å². The van der Waals surface area contributed by atoms with Crippen molar-refractivity contribution in [3.8, 4) is 0 Å². The van der Waals surface area contributed by atoms with Crippen molar-refractivity contribution in [3.63, 3.8) is 0 Å². The Morgan fingerprint density at radius 3 is 2.48 bits per heavy atom. The van der Waals surface area contributed by atoms with E-state index in [1.54, 1.807) is 4.68 Å². The van der Waals surface area contributed by atoms with Crippen LogP contribution in [0.4, 0.5) is 0 Å². The van der Waals surface area contributed by atoms with Crippen molar-refractivity contribution in [2.45, 2.75) is 57.3 Å². The summed E-state index contributed by atoms with van der Waals surface area (Å²) >= 11 is 0. The van der Waals surface area contributed by atoms with E-state index in [0.717, 1.165) is 43.4 Å². The SMILES string of the molecule is Cn1cc(C(=O)N2CCC3(CC2)CC3C(=O)O)c(C2CCCCC2)n1. The highest BCUT2D eigenvalue weighted by Crippen LogP contribution is 2.59. The lowest BCUT2D eigenvalue weighted by molar-refractivity contribution is -0.139. The molecule has 1 aliphatic heterocycles. The van der Waals surface area contributed by atoms with Crippen LogP contribution in [0, 0.1) is 11.3 Å². The van der Waals surface area contributed by atoms with E-state index < -0.39 is 5.97 Å². The van der Waals surface area contributed by atoms with Gasteiger partial charge in [-0.2, -0.15) is 5.10 Å². The van der Waals surface area contributed by atoms with Crippen molar-refractivity contribution in [3.05, 3.63) is 17.5 Å². The van der Waals surface area contributed by atoms with Gasteiger partial charge in [0.15, 0.2) is 0 Å². The summed E-state index contributed by atoms with van der Waals surface area (Å²) in [6.45, 7) is 1.34. The Morgan fingerprint density at radius 1 is 1.20 bits per heavy atom. The Kier molecular flexibility index (Phi) is 4.08. The average Bonchev–Trinajstić information content (AvgIpc) is 3.18. The first-order valence-electron chi connectivity index (χ1n) is 9.56.